The highest BCUT2D eigenvalue weighted by molar-refractivity contribution is 5.87. The molecule has 0 bridgehead atoms. The predicted molar refractivity (Wildman–Crippen MR) is 90.3 cm³/mol. The predicted octanol–water partition coefficient (Wildman–Crippen LogP) is 4.43. The second-order valence-electron chi connectivity index (χ2n) is 5.62. The molecule has 0 aliphatic rings. The van der Waals surface area contributed by atoms with Crippen LogP contribution in [0.15, 0.2) is 61.2 Å². The summed E-state index contributed by atoms with van der Waals surface area (Å²) in [6.07, 6.45) is 3.05. The lowest BCUT2D eigenvalue weighted by Crippen LogP contribution is -2.03. The van der Waals surface area contributed by atoms with Crippen LogP contribution in [0.1, 0.15) is 22.3 Å². The second-order valence-corrected chi connectivity index (χ2v) is 5.62. The summed E-state index contributed by atoms with van der Waals surface area (Å²) in [4.78, 5) is 3.93. The third-order valence-electron chi connectivity index (χ3n) is 3.76. The second kappa shape index (κ2) is 6.57. The molecule has 0 fully saturated rings. The van der Waals surface area contributed by atoms with E-state index in [-0.39, 0.29) is 5.83 Å². The fourth-order valence-corrected chi connectivity index (χ4v) is 2.39. The van der Waals surface area contributed by atoms with E-state index in [0.717, 1.165) is 16.7 Å². The number of nitrogens with zero attached hydrogens (tertiary/aromatic N) is 3. The fraction of sp³-hybridized carbons (Fsp3) is 0.158. The molecule has 0 saturated carbocycles. The normalized spacial score (nSPS) is 12.1. The first-order chi connectivity index (χ1) is 11.1. The van der Waals surface area contributed by atoms with Gasteiger partial charge in [-0.3, -0.25) is 0 Å². The molecule has 23 heavy (non-hydrogen) atoms. The quantitative estimate of drug-likeness (QED) is 0.667. The molecule has 3 aromatic rings. The molecule has 0 amide bonds. The van der Waals surface area contributed by atoms with Crippen molar-refractivity contribution in [3.05, 3.63) is 83.4 Å². The van der Waals surface area contributed by atoms with Gasteiger partial charge < -0.3 is 0 Å². The lowest BCUT2D eigenvalue weighted by atomic mass is 10.00. The number of halogens is 1. The zero-order chi connectivity index (χ0) is 16.2. The average Bonchev–Trinajstić information content (AvgIpc) is 3.07. The number of aromatic nitrogens is 3. The molecule has 4 heteroatoms. The highest BCUT2D eigenvalue weighted by Crippen LogP contribution is 2.29. The number of rotatable bonds is 4. The summed E-state index contributed by atoms with van der Waals surface area (Å²) in [6.45, 7) is 4.34. The topological polar surface area (TPSA) is 30.7 Å². The molecule has 116 valence electrons. The molecule has 0 atom stereocenters. The molecule has 0 radical (unpaired) electrons. The van der Waals surface area contributed by atoms with Crippen molar-refractivity contribution in [2.45, 2.75) is 20.4 Å². The standard InChI is InChI=1S/C19H18FN3/c1-14-3-7-16(8-4-14)18(11-23-13-21-12-22-23)19(20)17-9-5-15(2)6-10-17/h3-10,12-13H,11H2,1-2H3. The minimum absolute atomic E-state index is 0.232. The van der Waals surface area contributed by atoms with Crippen LogP contribution in [0, 0.1) is 13.8 Å². The zero-order valence-corrected chi connectivity index (χ0v) is 13.2. The Labute approximate surface area is 135 Å². The minimum Gasteiger partial charge on any atom is -0.248 e. The van der Waals surface area contributed by atoms with Gasteiger partial charge in [0.1, 0.15) is 18.5 Å². The molecule has 1 heterocycles. The van der Waals surface area contributed by atoms with Crippen molar-refractivity contribution in [2.24, 2.45) is 0 Å². The van der Waals surface area contributed by atoms with Crippen molar-refractivity contribution >= 4 is 11.4 Å². The van der Waals surface area contributed by atoms with Gasteiger partial charge in [-0.1, -0.05) is 59.7 Å². The van der Waals surface area contributed by atoms with E-state index >= 15 is 4.39 Å². The van der Waals surface area contributed by atoms with Gasteiger partial charge >= 0.3 is 0 Å². The van der Waals surface area contributed by atoms with Crippen molar-refractivity contribution in [2.75, 3.05) is 0 Å². The first-order valence-electron chi connectivity index (χ1n) is 7.48. The third-order valence-corrected chi connectivity index (χ3v) is 3.76. The van der Waals surface area contributed by atoms with Gasteiger partial charge in [-0.15, -0.1) is 0 Å². The Morgan fingerprint density at radius 1 is 0.913 bits per heavy atom. The Morgan fingerprint density at radius 2 is 1.48 bits per heavy atom. The monoisotopic (exact) mass is 307 g/mol. The smallest absolute Gasteiger partial charge is 0.137 e. The summed E-state index contributed by atoms with van der Waals surface area (Å²) >= 11 is 0. The van der Waals surface area contributed by atoms with Gasteiger partial charge in [0.15, 0.2) is 0 Å². The Kier molecular flexibility index (Phi) is 4.33. The van der Waals surface area contributed by atoms with Gasteiger partial charge in [-0.05, 0) is 19.4 Å². The van der Waals surface area contributed by atoms with Gasteiger partial charge in [-0.25, -0.2) is 14.1 Å². The molecular formula is C19H18FN3. The molecule has 3 rings (SSSR count). The number of aryl methyl sites for hydroxylation is 2. The van der Waals surface area contributed by atoms with E-state index in [1.165, 1.54) is 6.33 Å². The molecule has 1 aromatic heterocycles. The van der Waals surface area contributed by atoms with Gasteiger partial charge in [0.05, 0.1) is 6.54 Å². The third kappa shape index (κ3) is 3.54. The summed E-state index contributed by atoms with van der Waals surface area (Å²) < 4.78 is 16.8. The van der Waals surface area contributed by atoms with Crippen LogP contribution in [0.25, 0.3) is 11.4 Å². The van der Waals surface area contributed by atoms with Crippen molar-refractivity contribution in [3.8, 4) is 0 Å². The number of benzene rings is 2. The maximum atomic E-state index is 15.1. The minimum atomic E-state index is -0.232. The van der Waals surface area contributed by atoms with Crippen LogP contribution in [-0.4, -0.2) is 14.8 Å². The molecule has 0 unspecified atom stereocenters. The first-order valence-corrected chi connectivity index (χ1v) is 7.48. The molecule has 2 aromatic carbocycles. The van der Waals surface area contributed by atoms with Crippen molar-refractivity contribution in [3.63, 3.8) is 0 Å². The largest absolute Gasteiger partial charge is 0.248 e. The molecule has 0 aliphatic heterocycles. The summed E-state index contributed by atoms with van der Waals surface area (Å²) in [5.74, 6) is -0.232. The van der Waals surface area contributed by atoms with Crippen LogP contribution in [0.4, 0.5) is 4.39 Å². The van der Waals surface area contributed by atoms with Crippen molar-refractivity contribution in [1.29, 1.82) is 0 Å². The number of hydrogen-bond donors (Lipinski definition) is 0. The Hall–Kier alpha value is -2.75. The van der Waals surface area contributed by atoms with Crippen LogP contribution < -0.4 is 0 Å². The molecular weight excluding hydrogens is 289 g/mol. The van der Waals surface area contributed by atoms with Crippen molar-refractivity contribution < 1.29 is 4.39 Å². The highest BCUT2D eigenvalue weighted by Gasteiger charge is 2.13. The van der Waals surface area contributed by atoms with Crippen LogP contribution in [0.3, 0.4) is 0 Å². The zero-order valence-electron chi connectivity index (χ0n) is 13.2. The molecule has 0 N–H and O–H groups in total. The van der Waals surface area contributed by atoms with Gasteiger partial charge in [0.25, 0.3) is 0 Å². The summed E-state index contributed by atoms with van der Waals surface area (Å²) in [7, 11) is 0. The lowest BCUT2D eigenvalue weighted by Gasteiger charge is -2.11. The van der Waals surface area contributed by atoms with E-state index in [1.54, 1.807) is 23.1 Å². The molecule has 0 saturated heterocycles. The van der Waals surface area contributed by atoms with E-state index in [9.17, 15) is 0 Å². The van der Waals surface area contributed by atoms with E-state index in [2.05, 4.69) is 10.1 Å². The summed E-state index contributed by atoms with van der Waals surface area (Å²) in [6, 6.07) is 15.3. The Bertz CT molecular complexity index is 801. The Morgan fingerprint density at radius 3 is 2.00 bits per heavy atom. The molecule has 0 spiro atoms. The highest BCUT2D eigenvalue weighted by atomic mass is 19.1. The van der Waals surface area contributed by atoms with E-state index < -0.39 is 0 Å². The average molecular weight is 307 g/mol. The molecule has 3 nitrogen and oxygen atoms in total. The maximum Gasteiger partial charge on any atom is 0.137 e. The molecule has 0 aliphatic carbocycles. The lowest BCUT2D eigenvalue weighted by molar-refractivity contribution is 0.695. The SMILES string of the molecule is Cc1ccc(C(F)=C(Cn2cncn2)c2ccc(C)cc2)cc1. The van der Waals surface area contributed by atoms with Crippen molar-refractivity contribution in [1.82, 2.24) is 14.8 Å². The van der Waals surface area contributed by atoms with Gasteiger partial charge in [0.2, 0.25) is 0 Å². The summed E-state index contributed by atoms with van der Waals surface area (Å²) in [5, 5.41) is 4.09. The number of allylic oxidation sites excluding steroid dienone is 1. The van der Waals surface area contributed by atoms with E-state index in [4.69, 9.17) is 0 Å². The van der Waals surface area contributed by atoms with E-state index in [0.29, 0.717) is 17.7 Å². The number of hydrogen-bond acceptors (Lipinski definition) is 2. The first kappa shape index (κ1) is 15.2. The fourth-order valence-electron chi connectivity index (χ4n) is 2.39. The van der Waals surface area contributed by atoms with Gasteiger partial charge in [-0.2, -0.15) is 5.10 Å². The van der Waals surface area contributed by atoms with E-state index in [1.807, 2.05) is 50.2 Å². The van der Waals surface area contributed by atoms with Crippen LogP contribution in [0.5, 0.6) is 0 Å². The van der Waals surface area contributed by atoms with Crippen LogP contribution in [0.2, 0.25) is 0 Å². The Balaban J connectivity index is 2.07. The summed E-state index contributed by atoms with van der Waals surface area (Å²) in [5.41, 5.74) is 4.27. The van der Waals surface area contributed by atoms with Crippen LogP contribution in [-0.2, 0) is 6.54 Å². The van der Waals surface area contributed by atoms with Gasteiger partial charge in [0, 0.05) is 11.1 Å². The maximum absolute atomic E-state index is 15.1. The van der Waals surface area contributed by atoms with Crippen LogP contribution >= 0.6 is 0 Å².